The fourth-order valence-electron chi connectivity index (χ4n) is 2.31. The number of halogens is 2. The molecule has 3 rings (SSSR count). The Morgan fingerprint density at radius 3 is 2.81 bits per heavy atom. The highest BCUT2D eigenvalue weighted by molar-refractivity contribution is 6.44. The van der Waals surface area contributed by atoms with Crippen molar-refractivity contribution in [2.75, 3.05) is 0 Å². The van der Waals surface area contributed by atoms with Gasteiger partial charge in [-0.3, -0.25) is 4.79 Å². The Kier molecular flexibility index (Phi) is 2.23. The number of aromatic nitrogens is 1. The molecule has 0 atom stereocenters. The number of pyridine rings is 1. The van der Waals surface area contributed by atoms with Crippen molar-refractivity contribution < 1.29 is 0 Å². The molecule has 0 unspecified atom stereocenters. The molecule has 0 amide bonds. The molecule has 1 aliphatic carbocycles. The van der Waals surface area contributed by atoms with Gasteiger partial charge >= 0.3 is 0 Å². The number of benzene rings is 1. The first kappa shape index (κ1) is 10.2. The first-order valence-electron chi connectivity index (χ1n) is 5.20. The summed E-state index contributed by atoms with van der Waals surface area (Å²) in [5, 5.41) is 1.55. The summed E-state index contributed by atoms with van der Waals surface area (Å²) in [6.45, 7) is 0. The third-order valence-electron chi connectivity index (χ3n) is 3.11. The highest BCUT2D eigenvalue weighted by Crippen LogP contribution is 2.30. The van der Waals surface area contributed by atoms with E-state index in [4.69, 9.17) is 23.2 Å². The predicted octanol–water partition coefficient (Wildman–Crippen LogP) is 3.32. The fourth-order valence-corrected chi connectivity index (χ4v) is 2.68. The molecule has 1 aliphatic rings. The molecule has 2 aromatic rings. The Labute approximate surface area is 102 Å². The third-order valence-corrected chi connectivity index (χ3v) is 3.91. The molecule has 82 valence electrons. The molecular formula is C12H9Cl2NO. The predicted molar refractivity (Wildman–Crippen MR) is 66.6 cm³/mol. The van der Waals surface area contributed by atoms with Crippen LogP contribution in [-0.4, -0.2) is 4.98 Å². The summed E-state index contributed by atoms with van der Waals surface area (Å²) in [7, 11) is 0. The number of aromatic amines is 1. The average molecular weight is 254 g/mol. The highest BCUT2D eigenvalue weighted by atomic mass is 35.5. The van der Waals surface area contributed by atoms with Crippen molar-refractivity contribution >= 4 is 34.1 Å². The van der Waals surface area contributed by atoms with Crippen LogP contribution in [0.4, 0.5) is 0 Å². The molecule has 0 radical (unpaired) electrons. The van der Waals surface area contributed by atoms with E-state index in [1.807, 2.05) is 0 Å². The van der Waals surface area contributed by atoms with E-state index in [-0.39, 0.29) is 5.43 Å². The maximum atomic E-state index is 12.2. The summed E-state index contributed by atoms with van der Waals surface area (Å²) < 4.78 is 0. The van der Waals surface area contributed by atoms with Crippen LogP contribution in [0.5, 0.6) is 0 Å². The van der Waals surface area contributed by atoms with Crippen LogP contribution in [0, 0.1) is 0 Å². The van der Waals surface area contributed by atoms with Gasteiger partial charge in [0.25, 0.3) is 0 Å². The molecular weight excluding hydrogens is 245 g/mol. The van der Waals surface area contributed by atoms with Crippen molar-refractivity contribution in [3.63, 3.8) is 0 Å². The van der Waals surface area contributed by atoms with E-state index >= 15 is 0 Å². The standard InChI is InChI=1S/C12H9Cl2NO/c13-8-5-4-7-11(10(8)14)15-9-3-1-2-6(9)12(7)16/h4-5H,1-3H2,(H,15,16). The molecule has 0 saturated carbocycles. The Balaban J connectivity index is 2.51. The van der Waals surface area contributed by atoms with E-state index in [9.17, 15) is 4.79 Å². The number of H-pyrrole nitrogens is 1. The molecule has 16 heavy (non-hydrogen) atoms. The molecule has 4 heteroatoms. The van der Waals surface area contributed by atoms with E-state index < -0.39 is 0 Å². The summed E-state index contributed by atoms with van der Waals surface area (Å²) in [6, 6.07) is 3.41. The number of hydrogen-bond acceptors (Lipinski definition) is 1. The zero-order valence-electron chi connectivity index (χ0n) is 8.44. The Morgan fingerprint density at radius 2 is 2.00 bits per heavy atom. The summed E-state index contributed by atoms with van der Waals surface area (Å²) in [4.78, 5) is 15.4. The van der Waals surface area contributed by atoms with Crippen molar-refractivity contribution in [3.05, 3.63) is 43.7 Å². The number of hydrogen-bond donors (Lipinski definition) is 1. The quantitative estimate of drug-likeness (QED) is 0.768. The van der Waals surface area contributed by atoms with Crippen LogP contribution >= 0.6 is 23.2 Å². The van der Waals surface area contributed by atoms with Gasteiger partial charge in [-0.05, 0) is 31.4 Å². The lowest BCUT2D eigenvalue weighted by molar-refractivity contribution is 0.900. The molecule has 1 N–H and O–H groups in total. The molecule has 1 aromatic heterocycles. The van der Waals surface area contributed by atoms with E-state index in [2.05, 4.69) is 4.98 Å². The lowest BCUT2D eigenvalue weighted by Gasteiger charge is -2.06. The molecule has 0 saturated heterocycles. The minimum Gasteiger partial charge on any atom is -0.357 e. The molecule has 0 fully saturated rings. The first-order chi connectivity index (χ1) is 7.68. The molecule has 0 bridgehead atoms. The van der Waals surface area contributed by atoms with Crippen LogP contribution < -0.4 is 5.43 Å². The number of aryl methyl sites for hydroxylation is 1. The number of nitrogens with one attached hydrogen (secondary N) is 1. The second-order valence-electron chi connectivity index (χ2n) is 4.05. The molecule has 0 aliphatic heterocycles. The normalized spacial score (nSPS) is 14.4. The topological polar surface area (TPSA) is 32.9 Å². The molecule has 2 nitrogen and oxygen atoms in total. The van der Waals surface area contributed by atoms with Crippen molar-refractivity contribution in [3.8, 4) is 0 Å². The van der Waals surface area contributed by atoms with Gasteiger partial charge in [-0.2, -0.15) is 0 Å². The second-order valence-corrected chi connectivity index (χ2v) is 4.83. The van der Waals surface area contributed by atoms with Gasteiger partial charge in [-0.1, -0.05) is 23.2 Å². The molecule has 1 aromatic carbocycles. The highest BCUT2D eigenvalue weighted by Gasteiger charge is 2.18. The van der Waals surface area contributed by atoms with Gasteiger partial charge in [-0.15, -0.1) is 0 Å². The summed E-state index contributed by atoms with van der Waals surface area (Å²) in [5.74, 6) is 0. The van der Waals surface area contributed by atoms with Gasteiger partial charge in [0, 0.05) is 16.6 Å². The zero-order chi connectivity index (χ0) is 11.3. The second kappa shape index (κ2) is 3.51. The average Bonchev–Trinajstić information content (AvgIpc) is 2.73. The third kappa shape index (κ3) is 1.30. The lowest BCUT2D eigenvalue weighted by atomic mass is 10.1. The van der Waals surface area contributed by atoms with Crippen molar-refractivity contribution in [1.29, 1.82) is 0 Å². The maximum Gasteiger partial charge on any atom is 0.192 e. The Morgan fingerprint density at radius 1 is 1.19 bits per heavy atom. The van der Waals surface area contributed by atoms with E-state index in [0.717, 1.165) is 30.5 Å². The number of rotatable bonds is 0. The fraction of sp³-hybridized carbons (Fsp3) is 0.250. The SMILES string of the molecule is O=c1c2c([nH]c3c(Cl)c(Cl)ccc13)CCC2. The van der Waals surface area contributed by atoms with Crippen molar-refractivity contribution in [2.24, 2.45) is 0 Å². The summed E-state index contributed by atoms with van der Waals surface area (Å²) in [6.07, 6.45) is 2.81. The van der Waals surface area contributed by atoms with Crippen LogP contribution in [0.3, 0.4) is 0 Å². The largest absolute Gasteiger partial charge is 0.357 e. The van der Waals surface area contributed by atoms with Crippen LogP contribution in [0.25, 0.3) is 10.9 Å². The van der Waals surface area contributed by atoms with Gasteiger partial charge in [-0.25, -0.2) is 0 Å². The first-order valence-corrected chi connectivity index (χ1v) is 5.96. The van der Waals surface area contributed by atoms with Crippen LogP contribution in [0.2, 0.25) is 10.0 Å². The lowest BCUT2D eigenvalue weighted by Crippen LogP contribution is -2.10. The van der Waals surface area contributed by atoms with E-state index in [1.165, 1.54) is 0 Å². The van der Waals surface area contributed by atoms with Crippen LogP contribution in [-0.2, 0) is 12.8 Å². The molecule has 1 heterocycles. The number of fused-ring (bicyclic) bond motifs is 2. The smallest absolute Gasteiger partial charge is 0.192 e. The van der Waals surface area contributed by atoms with Crippen molar-refractivity contribution in [1.82, 2.24) is 4.98 Å². The van der Waals surface area contributed by atoms with E-state index in [1.54, 1.807) is 12.1 Å². The minimum atomic E-state index is 0.0971. The van der Waals surface area contributed by atoms with Gasteiger partial charge in [0.05, 0.1) is 15.6 Å². The Bertz CT molecular complexity index is 645. The maximum absolute atomic E-state index is 12.2. The zero-order valence-corrected chi connectivity index (χ0v) is 9.95. The van der Waals surface area contributed by atoms with Gasteiger partial charge < -0.3 is 4.98 Å². The summed E-state index contributed by atoms with van der Waals surface area (Å²) in [5.41, 5.74) is 2.69. The van der Waals surface area contributed by atoms with Gasteiger partial charge in [0.1, 0.15) is 0 Å². The molecule has 0 spiro atoms. The van der Waals surface area contributed by atoms with Crippen molar-refractivity contribution in [2.45, 2.75) is 19.3 Å². The van der Waals surface area contributed by atoms with Crippen LogP contribution in [0.15, 0.2) is 16.9 Å². The Hall–Kier alpha value is -0.990. The van der Waals surface area contributed by atoms with Gasteiger partial charge in [0.2, 0.25) is 0 Å². The van der Waals surface area contributed by atoms with Gasteiger partial charge in [0.15, 0.2) is 5.43 Å². The minimum absolute atomic E-state index is 0.0971. The van der Waals surface area contributed by atoms with Crippen LogP contribution in [0.1, 0.15) is 17.7 Å². The summed E-state index contributed by atoms with van der Waals surface area (Å²) >= 11 is 12.0. The monoisotopic (exact) mass is 253 g/mol. The van der Waals surface area contributed by atoms with E-state index in [0.29, 0.717) is 20.9 Å².